The Balaban J connectivity index is 2.16. The zero-order valence-corrected chi connectivity index (χ0v) is 14.4. The largest absolute Gasteiger partial charge is 0.369 e. The molecule has 1 aliphatic heterocycles. The van der Waals surface area contributed by atoms with E-state index in [-0.39, 0.29) is 17.9 Å². The van der Waals surface area contributed by atoms with Crippen molar-refractivity contribution in [1.82, 2.24) is 4.90 Å². The SMILES string of the molecule is Cc1ccccc1C1(C2CCCCC2)N=C(N)N(C(C)C)C1=O. The summed E-state index contributed by atoms with van der Waals surface area (Å²) >= 11 is 0. The van der Waals surface area contributed by atoms with Crippen LogP contribution in [-0.2, 0) is 10.3 Å². The average molecular weight is 313 g/mol. The van der Waals surface area contributed by atoms with Gasteiger partial charge in [0.25, 0.3) is 5.91 Å². The number of hydrogen-bond acceptors (Lipinski definition) is 3. The molecule has 0 radical (unpaired) electrons. The van der Waals surface area contributed by atoms with Crippen molar-refractivity contribution in [3.05, 3.63) is 35.4 Å². The van der Waals surface area contributed by atoms with Gasteiger partial charge in [0.05, 0.1) is 0 Å². The van der Waals surface area contributed by atoms with Crippen LogP contribution >= 0.6 is 0 Å². The Labute approximate surface area is 138 Å². The number of carbonyl (C=O) groups is 1. The molecular formula is C19H27N3O. The van der Waals surface area contributed by atoms with Crippen LogP contribution in [0.4, 0.5) is 0 Å². The van der Waals surface area contributed by atoms with Crippen LogP contribution in [0.15, 0.2) is 29.3 Å². The highest BCUT2D eigenvalue weighted by Gasteiger charge is 2.55. The molecule has 1 aliphatic carbocycles. The van der Waals surface area contributed by atoms with Crippen molar-refractivity contribution in [1.29, 1.82) is 0 Å². The Bertz CT molecular complexity index is 631. The molecule has 1 atom stereocenters. The summed E-state index contributed by atoms with van der Waals surface area (Å²) < 4.78 is 0. The lowest BCUT2D eigenvalue weighted by molar-refractivity contribution is -0.135. The lowest BCUT2D eigenvalue weighted by Crippen LogP contribution is -2.49. The van der Waals surface area contributed by atoms with Crippen LogP contribution < -0.4 is 5.73 Å². The highest BCUT2D eigenvalue weighted by atomic mass is 16.2. The summed E-state index contributed by atoms with van der Waals surface area (Å²) in [5.74, 6) is 0.678. The highest BCUT2D eigenvalue weighted by Crippen LogP contribution is 2.47. The monoisotopic (exact) mass is 313 g/mol. The van der Waals surface area contributed by atoms with E-state index < -0.39 is 5.54 Å². The minimum absolute atomic E-state index is 0.0285. The third-order valence-electron chi connectivity index (χ3n) is 5.35. The van der Waals surface area contributed by atoms with Gasteiger partial charge in [-0.2, -0.15) is 0 Å². The van der Waals surface area contributed by atoms with E-state index in [1.807, 2.05) is 26.0 Å². The summed E-state index contributed by atoms with van der Waals surface area (Å²) in [5.41, 5.74) is 7.53. The molecule has 1 aromatic carbocycles. The van der Waals surface area contributed by atoms with Crippen molar-refractivity contribution in [2.45, 2.75) is 64.5 Å². The lowest BCUT2D eigenvalue weighted by atomic mass is 9.70. The van der Waals surface area contributed by atoms with E-state index in [0.717, 1.165) is 24.0 Å². The van der Waals surface area contributed by atoms with Crippen molar-refractivity contribution in [2.75, 3.05) is 0 Å². The van der Waals surface area contributed by atoms with Gasteiger partial charge in [0.2, 0.25) is 0 Å². The van der Waals surface area contributed by atoms with Gasteiger partial charge in [-0.1, -0.05) is 43.5 Å². The van der Waals surface area contributed by atoms with Gasteiger partial charge in [-0.15, -0.1) is 0 Å². The Kier molecular flexibility index (Phi) is 4.17. The topological polar surface area (TPSA) is 58.7 Å². The molecule has 1 aromatic rings. The van der Waals surface area contributed by atoms with Gasteiger partial charge < -0.3 is 5.73 Å². The highest BCUT2D eigenvalue weighted by molar-refractivity contribution is 6.07. The number of benzene rings is 1. The number of amides is 1. The van der Waals surface area contributed by atoms with E-state index in [1.165, 1.54) is 19.3 Å². The second kappa shape index (κ2) is 5.99. The molecule has 23 heavy (non-hydrogen) atoms. The van der Waals surface area contributed by atoms with Gasteiger partial charge in [0, 0.05) is 6.04 Å². The lowest BCUT2D eigenvalue weighted by Gasteiger charge is -2.38. The molecule has 2 aliphatic rings. The number of carbonyl (C=O) groups excluding carboxylic acids is 1. The maximum Gasteiger partial charge on any atom is 0.262 e. The first-order valence-electron chi connectivity index (χ1n) is 8.73. The minimum atomic E-state index is -0.819. The standard InChI is InChI=1S/C19H27N3O/c1-13(2)22-17(23)19(21-18(22)20,15-10-5-4-6-11-15)16-12-8-7-9-14(16)3/h7-9,12-13,15H,4-6,10-11H2,1-3H3,(H2,20,21). The molecule has 0 saturated heterocycles. The smallest absolute Gasteiger partial charge is 0.262 e. The van der Waals surface area contributed by atoms with Gasteiger partial charge in [-0.05, 0) is 50.7 Å². The molecule has 1 heterocycles. The molecule has 4 heteroatoms. The van der Waals surface area contributed by atoms with Crippen molar-refractivity contribution in [2.24, 2.45) is 16.6 Å². The summed E-state index contributed by atoms with van der Waals surface area (Å²) in [5, 5.41) is 0. The molecular weight excluding hydrogens is 286 g/mol. The van der Waals surface area contributed by atoms with E-state index >= 15 is 0 Å². The van der Waals surface area contributed by atoms with Crippen molar-refractivity contribution in [3.8, 4) is 0 Å². The molecule has 124 valence electrons. The minimum Gasteiger partial charge on any atom is -0.369 e. The number of hydrogen-bond donors (Lipinski definition) is 1. The van der Waals surface area contributed by atoms with Crippen molar-refractivity contribution < 1.29 is 4.79 Å². The Hall–Kier alpha value is -1.84. The number of guanidine groups is 1. The van der Waals surface area contributed by atoms with Gasteiger partial charge in [-0.3, -0.25) is 9.69 Å². The molecule has 1 amide bonds. The number of aryl methyl sites for hydroxylation is 1. The average Bonchev–Trinajstić information content (AvgIpc) is 2.80. The Morgan fingerprint density at radius 3 is 2.43 bits per heavy atom. The van der Waals surface area contributed by atoms with Gasteiger partial charge >= 0.3 is 0 Å². The molecule has 0 spiro atoms. The first-order chi connectivity index (χ1) is 11.0. The van der Waals surface area contributed by atoms with E-state index in [0.29, 0.717) is 5.96 Å². The number of rotatable bonds is 3. The molecule has 0 bridgehead atoms. The summed E-state index contributed by atoms with van der Waals surface area (Å²) in [6.07, 6.45) is 5.68. The fraction of sp³-hybridized carbons (Fsp3) is 0.579. The first kappa shape index (κ1) is 16.0. The van der Waals surface area contributed by atoms with Gasteiger partial charge in [-0.25, -0.2) is 4.99 Å². The fourth-order valence-corrected chi connectivity index (χ4v) is 4.25. The van der Waals surface area contributed by atoms with Crippen LogP contribution in [0.5, 0.6) is 0 Å². The molecule has 1 fully saturated rings. The number of aliphatic imine (C=N–C) groups is 1. The van der Waals surface area contributed by atoms with Crippen LogP contribution in [-0.4, -0.2) is 22.8 Å². The molecule has 1 unspecified atom stereocenters. The van der Waals surface area contributed by atoms with Gasteiger partial charge in [0.1, 0.15) is 0 Å². The summed E-state index contributed by atoms with van der Waals surface area (Å²) in [7, 11) is 0. The first-order valence-corrected chi connectivity index (χ1v) is 8.73. The predicted molar refractivity (Wildman–Crippen MR) is 93.0 cm³/mol. The molecule has 0 aromatic heterocycles. The third kappa shape index (κ3) is 2.44. The van der Waals surface area contributed by atoms with Crippen LogP contribution in [0.3, 0.4) is 0 Å². The van der Waals surface area contributed by atoms with Crippen LogP contribution in [0.1, 0.15) is 57.1 Å². The summed E-state index contributed by atoms with van der Waals surface area (Å²) in [4.78, 5) is 20.0. The van der Waals surface area contributed by atoms with E-state index in [9.17, 15) is 4.79 Å². The maximum atomic E-state index is 13.5. The second-order valence-corrected chi connectivity index (χ2v) is 7.16. The number of nitrogens with zero attached hydrogens (tertiary/aromatic N) is 2. The van der Waals surface area contributed by atoms with Crippen molar-refractivity contribution in [3.63, 3.8) is 0 Å². The Morgan fingerprint density at radius 1 is 1.22 bits per heavy atom. The zero-order valence-electron chi connectivity index (χ0n) is 14.4. The molecule has 4 nitrogen and oxygen atoms in total. The second-order valence-electron chi connectivity index (χ2n) is 7.16. The molecule has 3 rings (SSSR count). The van der Waals surface area contributed by atoms with E-state index in [4.69, 9.17) is 10.7 Å². The normalized spacial score (nSPS) is 26.0. The summed E-state index contributed by atoms with van der Waals surface area (Å²) in [6.45, 7) is 6.06. The zero-order chi connectivity index (χ0) is 16.6. The third-order valence-corrected chi connectivity index (χ3v) is 5.35. The molecule has 1 saturated carbocycles. The maximum absolute atomic E-state index is 13.5. The van der Waals surface area contributed by atoms with Gasteiger partial charge in [0.15, 0.2) is 11.5 Å². The predicted octanol–water partition coefficient (Wildman–Crippen LogP) is 3.34. The van der Waals surface area contributed by atoms with E-state index in [1.54, 1.807) is 4.90 Å². The van der Waals surface area contributed by atoms with E-state index in [2.05, 4.69) is 19.1 Å². The molecule has 2 N–H and O–H groups in total. The Morgan fingerprint density at radius 2 is 1.87 bits per heavy atom. The van der Waals surface area contributed by atoms with Crippen LogP contribution in [0.2, 0.25) is 0 Å². The fourth-order valence-electron chi connectivity index (χ4n) is 4.25. The van der Waals surface area contributed by atoms with Crippen LogP contribution in [0, 0.1) is 12.8 Å². The summed E-state index contributed by atoms with van der Waals surface area (Å²) in [6, 6.07) is 8.17. The quantitative estimate of drug-likeness (QED) is 0.930. The van der Waals surface area contributed by atoms with Crippen LogP contribution in [0.25, 0.3) is 0 Å². The number of nitrogens with two attached hydrogens (primary N) is 1. The van der Waals surface area contributed by atoms with Crippen molar-refractivity contribution >= 4 is 11.9 Å².